The Labute approximate surface area is 186 Å². The molecule has 2 aromatic heterocycles. The first-order valence-corrected chi connectivity index (χ1v) is 10.7. The Balaban J connectivity index is 1.45. The van der Waals surface area contributed by atoms with Crippen LogP contribution in [0, 0.1) is 6.92 Å². The fraction of sp³-hybridized carbons (Fsp3) is 0.240. The van der Waals surface area contributed by atoms with Crippen LogP contribution in [0.1, 0.15) is 16.7 Å². The third-order valence-corrected chi connectivity index (χ3v) is 5.46. The molecule has 32 heavy (non-hydrogen) atoms. The largest absolute Gasteiger partial charge is 0.361 e. The lowest BCUT2D eigenvalue weighted by Crippen LogP contribution is -2.49. The molecular weight excluding hydrogens is 402 g/mol. The summed E-state index contributed by atoms with van der Waals surface area (Å²) < 4.78 is 1.89. The summed E-state index contributed by atoms with van der Waals surface area (Å²) in [6.45, 7) is 3.07. The van der Waals surface area contributed by atoms with E-state index in [2.05, 4.69) is 20.6 Å². The highest BCUT2D eigenvalue weighted by atomic mass is 16.2. The molecule has 0 unspecified atom stereocenters. The number of aromatic nitrogens is 3. The van der Waals surface area contributed by atoms with Crippen molar-refractivity contribution >= 4 is 22.7 Å². The van der Waals surface area contributed by atoms with E-state index in [-0.39, 0.29) is 18.2 Å². The quantitative estimate of drug-likeness (QED) is 0.382. The zero-order chi connectivity index (χ0) is 22.3. The van der Waals surface area contributed by atoms with Crippen molar-refractivity contribution in [2.45, 2.75) is 32.4 Å². The second-order valence-electron chi connectivity index (χ2n) is 7.94. The smallest absolute Gasteiger partial charge is 0.242 e. The molecule has 0 spiro atoms. The van der Waals surface area contributed by atoms with E-state index in [4.69, 9.17) is 0 Å². The van der Waals surface area contributed by atoms with Gasteiger partial charge in [0.25, 0.3) is 0 Å². The van der Waals surface area contributed by atoms with Gasteiger partial charge < -0.3 is 20.2 Å². The monoisotopic (exact) mass is 429 g/mol. The molecule has 0 aliphatic heterocycles. The molecule has 7 heteroatoms. The van der Waals surface area contributed by atoms with Crippen LogP contribution in [-0.4, -0.2) is 38.9 Å². The molecule has 0 radical (unpaired) electrons. The van der Waals surface area contributed by atoms with Crippen molar-refractivity contribution in [2.24, 2.45) is 0 Å². The van der Waals surface area contributed by atoms with Gasteiger partial charge in [0, 0.05) is 49.0 Å². The third-order valence-electron chi connectivity index (χ3n) is 5.46. The molecular formula is C25H27N5O2. The Kier molecular flexibility index (Phi) is 6.65. The minimum absolute atomic E-state index is 0.177. The highest BCUT2D eigenvalue weighted by molar-refractivity contribution is 5.90. The van der Waals surface area contributed by atoms with E-state index in [9.17, 15) is 9.59 Å². The molecule has 4 aromatic rings. The first kappa shape index (κ1) is 21.4. The van der Waals surface area contributed by atoms with E-state index in [0.29, 0.717) is 19.5 Å². The summed E-state index contributed by atoms with van der Waals surface area (Å²) >= 11 is 0. The fourth-order valence-corrected chi connectivity index (χ4v) is 3.72. The molecule has 0 bridgehead atoms. The third kappa shape index (κ3) is 5.43. The molecule has 3 N–H and O–H groups in total. The van der Waals surface area contributed by atoms with Crippen LogP contribution in [0.15, 0.2) is 73.4 Å². The van der Waals surface area contributed by atoms with E-state index in [1.165, 1.54) is 0 Å². The Morgan fingerprint density at radius 2 is 1.94 bits per heavy atom. The number of aromatic amines is 1. The minimum atomic E-state index is -0.671. The van der Waals surface area contributed by atoms with Gasteiger partial charge in [-0.3, -0.25) is 9.59 Å². The normalized spacial score (nSPS) is 11.9. The van der Waals surface area contributed by atoms with Gasteiger partial charge in [-0.2, -0.15) is 0 Å². The molecule has 0 aliphatic carbocycles. The summed E-state index contributed by atoms with van der Waals surface area (Å²) in [7, 11) is 0. The lowest BCUT2D eigenvalue weighted by Gasteiger charge is -2.19. The number of aryl methyl sites for hydroxylation is 1. The van der Waals surface area contributed by atoms with Crippen molar-refractivity contribution in [1.29, 1.82) is 0 Å². The van der Waals surface area contributed by atoms with Crippen LogP contribution >= 0.6 is 0 Å². The molecule has 2 aromatic carbocycles. The molecule has 1 atom stereocenters. The van der Waals surface area contributed by atoms with Gasteiger partial charge in [-0.15, -0.1) is 0 Å². The van der Waals surface area contributed by atoms with Gasteiger partial charge in [-0.05, 0) is 24.1 Å². The molecule has 7 nitrogen and oxygen atoms in total. The molecule has 0 aliphatic rings. The highest BCUT2D eigenvalue weighted by Crippen LogP contribution is 2.19. The van der Waals surface area contributed by atoms with Crippen molar-refractivity contribution in [1.82, 2.24) is 25.2 Å². The van der Waals surface area contributed by atoms with Crippen molar-refractivity contribution in [3.63, 3.8) is 0 Å². The van der Waals surface area contributed by atoms with Gasteiger partial charge in [0.2, 0.25) is 11.8 Å². The molecule has 2 amide bonds. The lowest BCUT2D eigenvalue weighted by molar-refractivity contribution is -0.128. The summed E-state index contributed by atoms with van der Waals surface area (Å²) in [6.07, 6.45) is 7.79. The van der Waals surface area contributed by atoms with Crippen molar-refractivity contribution in [3.05, 3.63) is 90.1 Å². The number of rotatable bonds is 9. The second-order valence-corrected chi connectivity index (χ2v) is 7.94. The van der Waals surface area contributed by atoms with Crippen molar-refractivity contribution in [2.75, 3.05) is 6.54 Å². The number of benzene rings is 2. The van der Waals surface area contributed by atoms with Crippen LogP contribution in [0.2, 0.25) is 0 Å². The number of nitrogens with one attached hydrogen (secondary N) is 3. The summed E-state index contributed by atoms with van der Waals surface area (Å²) in [6, 6.07) is 15.1. The summed E-state index contributed by atoms with van der Waals surface area (Å²) in [4.78, 5) is 33.0. The van der Waals surface area contributed by atoms with Gasteiger partial charge in [0.15, 0.2) is 0 Å². The number of nitrogens with zero attached hydrogens (tertiary/aromatic N) is 2. The number of amides is 2. The summed E-state index contributed by atoms with van der Waals surface area (Å²) in [5.41, 5.74) is 4.06. The predicted molar refractivity (Wildman–Crippen MR) is 124 cm³/mol. The SMILES string of the molecule is Cc1ccc(CC(=O)N[C@H](Cc2c[nH]c3ccccc23)C(=O)NCCn2ccnc2)cc1. The minimum Gasteiger partial charge on any atom is -0.361 e. The number of para-hydroxylation sites is 1. The molecule has 164 valence electrons. The lowest BCUT2D eigenvalue weighted by atomic mass is 10.0. The topological polar surface area (TPSA) is 91.8 Å². The maximum Gasteiger partial charge on any atom is 0.242 e. The van der Waals surface area contributed by atoms with E-state index in [0.717, 1.165) is 27.6 Å². The first-order chi connectivity index (χ1) is 15.6. The van der Waals surface area contributed by atoms with E-state index in [1.54, 1.807) is 12.5 Å². The predicted octanol–water partition coefficient (Wildman–Crippen LogP) is 2.76. The van der Waals surface area contributed by atoms with Gasteiger partial charge in [-0.25, -0.2) is 4.98 Å². The Morgan fingerprint density at radius 1 is 1.12 bits per heavy atom. The van der Waals surface area contributed by atoms with Gasteiger partial charge >= 0.3 is 0 Å². The average molecular weight is 430 g/mol. The molecule has 0 saturated carbocycles. The number of carbonyl (C=O) groups is 2. The Morgan fingerprint density at radius 3 is 2.72 bits per heavy atom. The maximum atomic E-state index is 13.0. The average Bonchev–Trinajstić information content (AvgIpc) is 3.45. The van der Waals surface area contributed by atoms with Crippen LogP contribution in [0.4, 0.5) is 0 Å². The van der Waals surface area contributed by atoms with Crippen LogP contribution in [0.5, 0.6) is 0 Å². The maximum absolute atomic E-state index is 13.0. The zero-order valence-electron chi connectivity index (χ0n) is 18.0. The molecule has 0 fully saturated rings. The molecule has 0 saturated heterocycles. The number of hydrogen-bond acceptors (Lipinski definition) is 3. The van der Waals surface area contributed by atoms with Crippen LogP contribution in [0.3, 0.4) is 0 Å². The van der Waals surface area contributed by atoms with Crippen molar-refractivity contribution < 1.29 is 9.59 Å². The number of fused-ring (bicyclic) bond motifs is 1. The number of hydrogen-bond donors (Lipinski definition) is 3. The number of carbonyl (C=O) groups excluding carboxylic acids is 2. The highest BCUT2D eigenvalue weighted by Gasteiger charge is 2.22. The van der Waals surface area contributed by atoms with E-state index >= 15 is 0 Å². The Bertz CT molecular complexity index is 1180. The summed E-state index contributed by atoms with van der Waals surface area (Å²) in [5, 5.41) is 6.94. The first-order valence-electron chi connectivity index (χ1n) is 10.7. The molecule has 2 heterocycles. The van der Waals surface area contributed by atoms with Gasteiger partial charge in [0.05, 0.1) is 12.7 Å². The Hall–Kier alpha value is -3.87. The number of imidazole rings is 1. The zero-order valence-corrected chi connectivity index (χ0v) is 18.0. The fourth-order valence-electron chi connectivity index (χ4n) is 3.72. The number of H-pyrrole nitrogens is 1. The molecule has 4 rings (SSSR count). The summed E-state index contributed by atoms with van der Waals surface area (Å²) in [5.74, 6) is -0.379. The van der Waals surface area contributed by atoms with Crippen LogP contribution in [0.25, 0.3) is 10.9 Å². The standard InChI is InChI=1S/C25H27N5O2/c1-18-6-8-19(9-7-18)14-24(31)29-23(25(32)27-11-13-30-12-10-26-17-30)15-20-16-28-22-5-3-2-4-21(20)22/h2-10,12,16-17,23,28H,11,13-15H2,1H3,(H,27,32)(H,29,31)/t23-/m1/s1. The second kappa shape index (κ2) is 9.96. The van der Waals surface area contributed by atoms with E-state index in [1.807, 2.05) is 72.4 Å². The van der Waals surface area contributed by atoms with E-state index < -0.39 is 6.04 Å². The van der Waals surface area contributed by atoms with Gasteiger partial charge in [-0.1, -0.05) is 48.0 Å². The van der Waals surface area contributed by atoms with Crippen LogP contribution < -0.4 is 10.6 Å². The van der Waals surface area contributed by atoms with Crippen LogP contribution in [-0.2, 0) is 29.0 Å². The van der Waals surface area contributed by atoms with Gasteiger partial charge in [0.1, 0.15) is 6.04 Å². The van der Waals surface area contributed by atoms with Crippen molar-refractivity contribution in [3.8, 4) is 0 Å².